The highest BCUT2D eigenvalue weighted by atomic mass is 16.2. The van der Waals surface area contributed by atoms with Crippen molar-refractivity contribution in [2.45, 2.75) is 80.2 Å². The Bertz CT molecular complexity index is 848. The molecular formula is C23H40N6O2. The van der Waals surface area contributed by atoms with E-state index in [2.05, 4.69) is 39.6 Å². The summed E-state index contributed by atoms with van der Waals surface area (Å²) in [7, 11) is 3.37. The average Bonchev–Trinajstić information content (AvgIpc) is 3.60. The van der Waals surface area contributed by atoms with E-state index in [1.54, 1.807) is 13.8 Å². The van der Waals surface area contributed by atoms with Crippen LogP contribution in [-0.2, 0) is 11.3 Å². The molecule has 1 fully saturated rings. The summed E-state index contributed by atoms with van der Waals surface area (Å²) < 4.78 is 1.23. The predicted molar refractivity (Wildman–Crippen MR) is 131 cm³/mol. The van der Waals surface area contributed by atoms with Gasteiger partial charge in [-0.25, -0.2) is 9.67 Å². The third-order valence-electron chi connectivity index (χ3n) is 4.19. The monoisotopic (exact) mass is 432 g/mol. The standard InChI is InChI=1S/C18H26N6O2.C3H8.C2H6/c1-6-21-18(20-5)22-15(25)10-24-17(26)12(3)14(9-11(2)19-4)16(23-24)13-7-8-13;1-3-2;1-2/h6,9,13,19H,7-8,10H2,1-5H3,(H,20,22,25);3H2,1-2H3;1-2H3/b11-9+,21-6-;;. The fraction of sp³-hybridized carbons (Fsp3) is 0.609. The molecule has 2 N–H and O–H groups in total. The van der Waals surface area contributed by atoms with Crippen LogP contribution >= 0.6 is 0 Å². The first-order valence-electron chi connectivity index (χ1n) is 11.1. The number of nitrogens with zero attached hydrogens (tertiary/aromatic N) is 4. The fourth-order valence-electron chi connectivity index (χ4n) is 2.54. The van der Waals surface area contributed by atoms with Gasteiger partial charge in [-0.15, -0.1) is 0 Å². The number of hydrogen-bond donors (Lipinski definition) is 2. The van der Waals surface area contributed by atoms with E-state index < -0.39 is 0 Å². The number of nitrogens with one attached hydrogen (secondary N) is 2. The molecule has 1 aliphatic rings. The van der Waals surface area contributed by atoms with Gasteiger partial charge in [-0.2, -0.15) is 5.10 Å². The van der Waals surface area contributed by atoms with Crippen molar-refractivity contribution in [1.82, 2.24) is 20.4 Å². The highest BCUT2D eigenvalue weighted by Crippen LogP contribution is 2.41. The molecule has 0 aliphatic heterocycles. The van der Waals surface area contributed by atoms with Crippen molar-refractivity contribution in [1.29, 1.82) is 0 Å². The fourth-order valence-corrected chi connectivity index (χ4v) is 2.54. The molecule has 1 aromatic rings. The molecule has 0 unspecified atom stereocenters. The highest BCUT2D eigenvalue weighted by molar-refractivity contribution is 5.99. The van der Waals surface area contributed by atoms with Gasteiger partial charge in [-0.05, 0) is 39.7 Å². The molecule has 8 nitrogen and oxygen atoms in total. The Morgan fingerprint density at radius 2 is 1.87 bits per heavy atom. The Hall–Kier alpha value is -2.77. The van der Waals surface area contributed by atoms with Crippen LogP contribution in [0.3, 0.4) is 0 Å². The van der Waals surface area contributed by atoms with Crippen LogP contribution in [0, 0.1) is 6.92 Å². The summed E-state index contributed by atoms with van der Waals surface area (Å²) in [6.45, 7) is 13.5. The number of carbonyl (C=O) groups is 1. The van der Waals surface area contributed by atoms with Gasteiger partial charge in [-0.1, -0.05) is 34.1 Å². The minimum absolute atomic E-state index is 0.174. The Balaban J connectivity index is 0.00000165. The van der Waals surface area contributed by atoms with Crippen molar-refractivity contribution < 1.29 is 4.79 Å². The first-order valence-corrected chi connectivity index (χ1v) is 11.1. The van der Waals surface area contributed by atoms with Crippen LogP contribution in [0.25, 0.3) is 6.08 Å². The number of guanidine groups is 1. The number of hydrogen-bond acceptors (Lipinski definition) is 5. The number of aliphatic imine (C=N–C) groups is 2. The highest BCUT2D eigenvalue weighted by Gasteiger charge is 2.30. The van der Waals surface area contributed by atoms with Crippen molar-refractivity contribution in [3.63, 3.8) is 0 Å². The second-order valence-electron chi connectivity index (χ2n) is 6.93. The molecule has 8 heteroatoms. The van der Waals surface area contributed by atoms with Crippen LogP contribution in [-0.4, -0.2) is 42.0 Å². The van der Waals surface area contributed by atoms with Crippen LogP contribution in [0.4, 0.5) is 0 Å². The average molecular weight is 433 g/mol. The van der Waals surface area contributed by atoms with Crippen molar-refractivity contribution >= 4 is 24.2 Å². The number of aromatic nitrogens is 2. The lowest BCUT2D eigenvalue weighted by molar-refractivity contribution is -0.120. The summed E-state index contributed by atoms with van der Waals surface area (Å²) >= 11 is 0. The summed E-state index contributed by atoms with van der Waals surface area (Å²) in [5.74, 6) is 0.160. The second kappa shape index (κ2) is 15.1. The van der Waals surface area contributed by atoms with Crippen LogP contribution in [0.2, 0.25) is 0 Å². The zero-order valence-electron chi connectivity index (χ0n) is 20.7. The lowest BCUT2D eigenvalue weighted by atomic mass is 10.0. The van der Waals surface area contributed by atoms with E-state index in [0.717, 1.165) is 29.8 Å². The zero-order valence-corrected chi connectivity index (χ0v) is 20.7. The first kappa shape index (κ1) is 28.2. The molecule has 174 valence electrons. The molecule has 31 heavy (non-hydrogen) atoms. The first-order chi connectivity index (χ1) is 14.8. The van der Waals surface area contributed by atoms with Gasteiger partial charge < -0.3 is 5.32 Å². The third-order valence-corrected chi connectivity index (χ3v) is 4.19. The van der Waals surface area contributed by atoms with Gasteiger partial charge >= 0.3 is 0 Å². The maximum Gasteiger partial charge on any atom is 0.270 e. The van der Waals surface area contributed by atoms with Gasteiger partial charge in [0, 0.05) is 43.1 Å². The molecule has 1 heterocycles. The van der Waals surface area contributed by atoms with Gasteiger partial charge in [0.25, 0.3) is 5.56 Å². The lowest BCUT2D eigenvalue weighted by Crippen LogP contribution is -2.37. The molecule has 0 saturated heterocycles. The number of amides is 1. The van der Waals surface area contributed by atoms with Crippen LogP contribution in [0.15, 0.2) is 20.5 Å². The minimum Gasteiger partial charge on any atom is -0.392 e. The predicted octanol–water partition coefficient (Wildman–Crippen LogP) is 3.64. The molecule has 0 atom stereocenters. The maximum atomic E-state index is 12.7. The quantitative estimate of drug-likeness (QED) is 0.548. The van der Waals surface area contributed by atoms with E-state index in [1.807, 2.05) is 33.9 Å². The summed E-state index contributed by atoms with van der Waals surface area (Å²) in [5.41, 5.74) is 3.01. The Labute approximate surface area is 187 Å². The molecule has 0 aromatic carbocycles. The van der Waals surface area contributed by atoms with Gasteiger partial charge in [0.2, 0.25) is 11.9 Å². The molecular weight excluding hydrogens is 392 g/mol. The minimum atomic E-state index is -0.387. The van der Waals surface area contributed by atoms with E-state index in [1.165, 1.54) is 24.4 Å². The summed E-state index contributed by atoms with van der Waals surface area (Å²) in [4.78, 5) is 32.7. The Morgan fingerprint density at radius 3 is 2.32 bits per heavy atom. The van der Waals surface area contributed by atoms with Gasteiger partial charge in [0.1, 0.15) is 6.54 Å². The Morgan fingerprint density at radius 1 is 1.29 bits per heavy atom. The van der Waals surface area contributed by atoms with Gasteiger partial charge in [0.05, 0.1) is 5.69 Å². The van der Waals surface area contributed by atoms with E-state index in [-0.39, 0.29) is 24.0 Å². The molecule has 1 aliphatic carbocycles. The van der Waals surface area contributed by atoms with Crippen LogP contribution in [0.5, 0.6) is 0 Å². The maximum absolute atomic E-state index is 12.7. The molecule has 1 amide bonds. The Kier molecular flexibility index (Phi) is 13.7. The SMILES string of the molecule is C/C=N\C(=NC)NC(=O)Cn1nc(C2CC2)c(/C=C(\C)NC)c(C)c1=O.CC.CCC. The summed E-state index contributed by atoms with van der Waals surface area (Å²) in [6.07, 6.45) is 6.83. The van der Waals surface area contributed by atoms with Gasteiger partial charge in [-0.3, -0.25) is 19.9 Å². The second-order valence-corrected chi connectivity index (χ2v) is 6.93. The smallest absolute Gasteiger partial charge is 0.270 e. The van der Waals surface area contributed by atoms with Crippen molar-refractivity contribution in [3.05, 3.63) is 32.9 Å². The van der Waals surface area contributed by atoms with E-state index in [0.29, 0.717) is 11.5 Å². The third kappa shape index (κ3) is 9.27. The lowest BCUT2D eigenvalue weighted by Gasteiger charge is -2.13. The molecule has 0 radical (unpaired) electrons. The number of allylic oxidation sites excluding steroid dienone is 1. The summed E-state index contributed by atoms with van der Waals surface area (Å²) in [6, 6.07) is 0. The van der Waals surface area contributed by atoms with Crippen LogP contribution < -0.4 is 16.2 Å². The number of rotatable bonds is 5. The van der Waals surface area contributed by atoms with Gasteiger partial charge in [0.15, 0.2) is 0 Å². The molecule has 1 aromatic heterocycles. The molecule has 0 spiro atoms. The molecule has 0 bridgehead atoms. The zero-order chi connectivity index (χ0) is 24.0. The van der Waals surface area contributed by atoms with Crippen molar-refractivity contribution in [2.24, 2.45) is 9.98 Å². The normalized spacial score (nSPS) is 13.7. The number of carbonyl (C=O) groups excluding carboxylic acids is 1. The molecule has 2 rings (SSSR count). The van der Waals surface area contributed by atoms with Crippen LogP contribution in [0.1, 0.15) is 83.5 Å². The van der Waals surface area contributed by atoms with Crippen molar-refractivity contribution in [3.8, 4) is 0 Å². The van der Waals surface area contributed by atoms with Crippen molar-refractivity contribution in [2.75, 3.05) is 14.1 Å². The molecule has 1 saturated carbocycles. The summed E-state index contributed by atoms with van der Waals surface area (Å²) in [5, 5.41) is 10.1. The largest absolute Gasteiger partial charge is 0.392 e. The van der Waals surface area contributed by atoms with E-state index >= 15 is 0 Å². The van der Waals surface area contributed by atoms with E-state index in [9.17, 15) is 9.59 Å². The van der Waals surface area contributed by atoms with E-state index in [4.69, 9.17) is 0 Å². The topological polar surface area (TPSA) is 101 Å².